The summed E-state index contributed by atoms with van der Waals surface area (Å²) in [6.45, 7) is 0.251. The monoisotopic (exact) mass is 390 g/mol. The van der Waals surface area contributed by atoms with Gasteiger partial charge in [0.05, 0.1) is 0 Å². The van der Waals surface area contributed by atoms with E-state index in [0.717, 1.165) is 18.3 Å². The topological polar surface area (TPSA) is 42.0 Å². The number of benzene rings is 2. The van der Waals surface area contributed by atoms with Crippen molar-refractivity contribution < 1.29 is 26.7 Å². The zero-order valence-electron chi connectivity index (χ0n) is 14.1. The highest BCUT2D eigenvalue weighted by Gasteiger charge is 2.32. The highest BCUT2D eigenvalue weighted by molar-refractivity contribution is 6.01. The molecule has 0 unspecified atom stereocenters. The quantitative estimate of drug-likeness (QED) is 0.629. The van der Waals surface area contributed by atoms with Crippen molar-refractivity contribution in [3.63, 3.8) is 0 Å². The van der Waals surface area contributed by atoms with Crippen LogP contribution < -0.4 is 5.32 Å². The van der Waals surface area contributed by atoms with Crippen molar-refractivity contribution in [2.45, 2.75) is 12.7 Å². The molecule has 2 aromatic carbocycles. The minimum absolute atomic E-state index is 0.0267. The van der Waals surface area contributed by atoms with Crippen LogP contribution in [0.4, 0.5) is 22.0 Å². The van der Waals surface area contributed by atoms with Crippen molar-refractivity contribution in [2.24, 2.45) is 0 Å². The van der Waals surface area contributed by atoms with Crippen LogP contribution in [0.3, 0.4) is 0 Å². The molecule has 3 aromatic rings. The molecule has 1 N–H and O–H groups in total. The molecule has 0 saturated carbocycles. The largest absolute Gasteiger partial charge is 0.433 e. The summed E-state index contributed by atoms with van der Waals surface area (Å²) in [6.07, 6.45) is -3.54. The van der Waals surface area contributed by atoms with Gasteiger partial charge < -0.3 is 5.32 Å². The molecule has 0 saturated heterocycles. The van der Waals surface area contributed by atoms with E-state index in [0.29, 0.717) is 28.3 Å². The first-order valence-electron chi connectivity index (χ1n) is 8.18. The van der Waals surface area contributed by atoms with Gasteiger partial charge in [0.2, 0.25) is 0 Å². The molecule has 3 nitrogen and oxygen atoms in total. The predicted octanol–water partition coefficient (Wildman–Crippen LogP) is 4.96. The van der Waals surface area contributed by atoms with Gasteiger partial charge in [0, 0.05) is 35.5 Å². The second kappa shape index (κ2) is 6.40. The molecule has 1 aliphatic rings. The number of carbonyl (C=O) groups excluding carboxylic acids is 1. The van der Waals surface area contributed by atoms with Crippen molar-refractivity contribution in [3.05, 3.63) is 77.1 Å². The maximum absolute atomic E-state index is 14.4. The smallest absolute Gasteiger partial charge is 0.348 e. The van der Waals surface area contributed by atoms with Gasteiger partial charge in [0.25, 0.3) is 5.91 Å². The van der Waals surface area contributed by atoms with Gasteiger partial charge in [-0.2, -0.15) is 13.2 Å². The van der Waals surface area contributed by atoms with Crippen molar-refractivity contribution in [1.29, 1.82) is 0 Å². The number of hydrogen-bond donors (Lipinski definition) is 1. The number of nitrogens with one attached hydrogen (secondary N) is 1. The van der Waals surface area contributed by atoms with Crippen LogP contribution in [0, 0.1) is 11.6 Å². The lowest BCUT2D eigenvalue weighted by Gasteiger charge is -2.14. The number of carbonyl (C=O) groups is 1. The third-order valence-corrected chi connectivity index (χ3v) is 4.51. The van der Waals surface area contributed by atoms with E-state index >= 15 is 0 Å². The third-order valence-electron chi connectivity index (χ3n) is 4.51. The van der Waals surface area contributed by atoms with E-state index in [1.54, 1.807) is 6.07 Å². The van der Waals surface area contributed by atoms with Crippen LogP contribution in [0.25, 0.3) is 22.3 Å². The average Bonchev–Trinajstić information content (AvgIpc) is 3.00. The van der Waals surface area contributed by atoms with E-state index in [9.17, 15) is 26.7 Å². The van der Waals surface area contributed by atoms with Crippen molar-refractivity contribution in [1.82, 2.24) is 10.3 Å². The van der Waals surface area contributed by atoms with Crippen LogP contribution in [-0.4, -0.2) is 10.9 Å². The molecule has 1 aromatic heterocycles. The molecule has 8 heteroatoms. The van der Waals surface area contributed by atoms with E-state index in [2.05, 4.69) is 10.3 Å². The van der Waals surface area contributed by atoms with Gasteiger partial charge >= 0.3 is 6.18 Å². The van der Waals surface area contributed by atoms with Crippen LogP contribution in [-0.2, 0) is 12.7 Å². The Morgan fingerprint density at radius 1 is 0.893 bits per heavy atom. The van der Waals surface area contributed by atoms with Crippen LogP contribution >= 0.6 is 0 Å². The second-order valence-corrected chi connectivity index (χ2v) is 6.29. The van der Waals surface area contributed by atoms with E-state index in [-0.39, 0.29) is 23.6 Å². The summed E-state index contributed by atoms with van der Waals surface area (Å²) in [4.78, 5) is 15.4. The number of hydrogen-bond acceptors (Lipinski definition) is 2. The average molecular weight is 390 g/mol. The molecule has 0 spiro atoms. The molecule has 0 atom stereocenters. The summed E-state index contributed by atoms with van der Waals surface area (Å²) in [5.74, 6) is -1.95. The summed E-state index contributed by atoms with van der Waals surface area (Å²) in [7, 11) is 0. The molecule has 142 valence electrons. The van der Waals surface area contributed by atoms with Gasteiger partial charge in [-0.15, -0.1) is 0 Å². The summed E-state index contributed by atoms with van der Waals surface area (Å²) in [6, 6.07) is 8.12. The molecule has 0 aliphatic carbocycles. The fourth-order valence-corrected chi connectivity index (χ4v) is 3.16. The molecule has 0 radical (unpaired) electrons. The second-order valence-electron chi connectivity index (χ2n) is 6.29. The first-order chi connectivity index (χ1) is 13.2. The number of aromatic nitrogens is 1. The van der Waals surface area contributed by atoms with Crippen LogP contribution in [0.5, 0.6) is 0 Å². The summed E-state index contributed by atoms with van der Waals surface area (Å²) >= 11 is 0. The zero-order chi connectivity index (χ0) is 20.1. The normalized spacial score (nSPS) is 13.4. The van der Waals surface area contributed by atoms with E-state index in [4.69, 9.17) is 0 Å². The number of amides is 1. The Morgan fingerprint density at radius 2 is 1.68 bits per heavy atom. The number of alkyl halides is 3. The van der Waals surface area contributed by atoms with Gasteiger partial charge in [-0.05, 0) is 47.0 Å². The highest BCUT2D eigenvalue weighted by Crippen LogP contribution is 2.38. The Bertz CT molecular complexity index is 1090. The predicted molar refractivity (Wildman–Crippen MR) is 91.2 cm³/mol. The highest BCUT2D eigenvalue weighted by atomic mass is 19.4. The SMILES string of the molecule is O=C1NCc2cc(-c3ccc(C(F)(F)F)nc3)c(-c3ccc(F)cc3F)cc21. The van der Waals surface area contributed by atoms with Crippen molar-refractivity contribution in [3.8, 4) is 22.3 Å². The van der Waals surface area contributed by atoms with Gasteiger partial charge in [-0.25, -0.2) is 8.78 Å². The summed E-state index contributed by atoms with van der Waals surface area (Å²) in [5, 5.41) is 2.64. The first kappa shape index (κ1) is 18.1. The van der Waals surface area contributed by atoms with E-state index in [1.807, 2.05) is 0 Å². The molecule has 4 rings (SSSR count). The minimum atomic E-state index is -4.58. The van der Waals surface area contributed by atoms with Crippen LogP contribution in [0.1, 0.15) is 21.6 Å². The third kappa shape index (κ3) is 3.11. The number of rotatable bonds is 2. The van der Waals surface area contributed by atoms with Gasteiger partial charge in [0.1, 0.15) is 17.3 Å². The molecule has 0 bridgehead atoms. The standard InChI is InChI=1S/C20H11F5N2O/c21-12-2-3-13(17(22)6-12)16-7-15-11(9-27-19(15)28)5-14(16)10-1-4-18(26-8-10)20(23,24)25/h1-8H,9H2,(H,27,28). The van der Waals surface area contributed by atoms with E-state index in [1.165, 1.54) is 18.2 Å². The molecule has 28 heavy (non-hydrogen) atoms. The molecule has 1 aliphatic heterocycles. The molecular weight excluding hydrogens is 379 g/mol. The van der Waals surface area contributed by atoms with Gasteiger partial charge in [-0.1, -0.05) is 6.07 Å². The molecular formula is C20H11F5N2O. The molecule has 0 fully saturated rings. The van der Waals surface area contributed by atoms with Gasteiger partial charge in [-0.3, -0.25) is 9.78 Å². The maximum Gasteiger partial charge on any atom is 0.433 e. The number of pyridine rings is 1. The molecule has 1 amide bonds. The van der Waals surface area contributed by atoms with Crippen molar-refractivity contribution in [2.75, 3.05) is 0 Å². The number of halogens is 5. The zero-order valence-corrected chi connectivity index (χ0v) is 14.1. The van der Waals surface area contributed by atoms with Crippen LogP contribution in [0.2, 0.25) is 0 Å². The summed E-state index contributed by atoms with van der Waals surface area (Å²) < 4.78 is 66.1. The molecule has 2 heterocycles. The van der Waals surface area contributed by atoms with Crippen LogP contribution in [0.15, 0.2) is 48.7 Å². The minimum Gasteiger partial charge on any atom is -0.348 e. The van der Waals surface area contributed by atoms with Crippen molar-refractivity contribution >= 4 is 5.91 Å². The maximum atomic E-state index is 14.4. The Labute approximate surface area is 155 Å². The fraction of sp³-hybridized carbons (Fsp3) is 0.100. The Hall–Kier alpha value is -3.29. The Balaban J connectivity index is 1.92. The summed E-state index contributed by atoms with van der Waals surface area (Å²) in [5.41, 5.74) is 0.904. The number of fused-ring (bicyclic) bond motifs is 1. The lowest BCUT2D eigenvalue weighted by Crippen LogP contribution is -2.12. The Morgan fingerprint density at radius 3 is 2.32 bits per heavy atom. The lowest BCUT2D eigenvalue weighted by molar-refractivity contribution is -0.141. The Kier molecular flexibility index (Phi) is 4.14. The number of nitrogens with zero attached hydrogens (tertiary/aromatic N) is 1. The van der Waals surface area contributed by atoms with E-state index < -0.39 is 23.5 Å². The fourth-order valence-electron chi connectivity index (χ4n) is 3.16. The lowest BCUT2D eigenvalue weighted by atomic mass is 9.91. The first-order valence-corrected chi connectivity index (χ1v) is 8.18. The van der Waals surface area contributed by atoms with Gasteiger partial charge in [0.15, 0.2) is 0 Å².